The summed E-state index contributed by atoms with van der Waals surface area (Å²) >= 11 is 0. The molecule has 2 unspecified atom stereocenters. The standard InChI is InChI=1S/C11H19N3O/c1-7-4-14(6-11(7)12)5-10-8(2)13-15-9(10)3/h7,11H,4-6,12H2,1-3H3. The zero-order valence-corrected chi connectivity index (χ0v) is 9.66. The Morgan fingerprint density at radius 3 is 2.67 bits per heavy atom. The molecule has 2 N–H and O–H groups in total. The van der Waals surface area contributed by atoms with Gasteiger partial charge in [0.2, 0.25) is 0 Å². The second-order valence-corrected chi connectivity index (χ2v) is 4.64. The Kier molecular flexibility index (Phi) is 2.80. The fourth-order valence-electron chi connectivity index (χ4n) is 2.18. The van der Waals surface area contributed by atoms with Crippen LogP contribution in [0.5, 0.6) is 0 Å². The van der Waals surface area contributed by atoms with Crippen LogP contribution in [0.1, 0.15) is 23.9 Å². The summed E-state index contributed by atoms with van der Waals surface area (Å²) in [6, 6.07) is 0.311. The Balaban J connectivity index is 2.04. The van der Waals surface area contributed by atoms with Gasteiger partial charge in [-0.05, 0) is 19.8 Å². The van der Waals surface area contributed by atoms with Crippen molar-refractivity contribution >= 4 is 0 Å². The first kappa shape index (κ1) is 10.6. The molecule has 15 heavy (non-hydrogen) atoms. The summed E-state index contributed by atoms with van der Waals surface area (Å²) < 4.78 is 5.15. The van der Waals surface area contributed by atoms with Gasteiger partial charge in [-0.25, -0.2) is 0 Å². The van der Waals surface area contributed by atoms with Crippen molar-refractivity contribution in [3.05, 3.63) is 17.0 Å². The number of likely N-dealkylation sites (tertiary alicyclic amines) is 1. The summed E-state index contributed by atoms with van der Waals surface area (Å²) in [5.41, 5.74) is 8.21. The fourth-order valence-corrected chi connectivity index (χ4v) is 2.18. The van der Waals surface area contributed by atoms with E-state index in [1.165, 1.54) is 5.56 Å². The van der Waals surface area contributed by atoms with E-state index >= 15 is 0 Å². The number of aromatic nitrogens is 1. The largest absolute Gasteiger partial charge is 0.361 e. The van der Waals surface area contributed by atoms with Gasteiger partial charge in [0.05, 0.1) is 5.69 Å². The molecular weight excluding hydrogens is 190 g/mol. The van der Waals surface area contributed by atoms with Crippen LogP contribution in [0.15, 0.2) is 4.52 Å². The zero-order chi connectivity index (χ0) is 11.0. The predicted molar refractivity (Wildman–Crippen MR) is 58.4 cm³/mol. The molecule has 0 aliphatic carbocycles. The third-order valence-corrected chi connectivity index (χ3v) is 3.31. The van der Waals surface area contributed by atoms with Crippen LogP contribution in [-0.2, 0) is 6.54 Å². The molecule has 1 saturated heterocycles. The Morgan fingerprint density at radius 1 is 1.47 bits per heavy atom. The van der Waals surface area contributed by atoms with E-state index in [4.69, 9.17) is 10.3 Å². The van der Waals surface area contributed by atoms with E-state index in [9.17, 15) is 0 Å². The third kappa shape index (κ3) is 2.06. The summed E-state index contributed by atoms with van der Waals surface area (Å²) in [4.78, 5) is 2.38. The Hall–Kier alpha value is -0.870. The topological polar surface area (TPSA) is 55.3 Å². The van der Waals surface area contributed by atoms with Gasteiger partial charge < -0.3 is 10.3 Å². The van der Waals surface area contributed by atoms with Crippen LogP contribution in [0, 0.1) is 19.8 Å². The van der Waals surface area contributed by atoms with Crippen LogP contribution in [0.4, 0.5) is 0 Å². The highest BCUT2D eigenvalue weighted by molar-refractivity contribution is 5.20. The molecule has 2 rings (SSSR count). The van der Waals surface area contributed by atoms with Gasteiger partial charge in [0, 0.05) is 31.2 Å². The highest BCUT2D eigenvalue weighted by atomic mass is 16.5. The van der Waals surface area contributed by atoms with E-state index in [0.29, 0.717) is 12.0 Å². The second kappa shape index (κ2) is 3.94. The molecule has 4 nitrogen and oxygen atoms in total. The van der Waals surface area contributed by atoms with Gasteiger partial charge >= 0.3 is 0 Å². The van der Waals surface area contributed by atoms with Crippen LogP contribution in [-0.4, -0.2) is 29.2 Å². The Bertz CT molecular complexity index is 318. The first-order valence-electron chi connectivity index (χ1n) is 5.47. The number of hydrogen-bond acceptors (Lipinski definition) is 4. The maximum absolute atomic E-state index is 5.99. The molecule has 84 valence electrons. The molecule has 0 aromatic carbocycles. The van der Waals surface area contributed by atoms with E-state index in [0.717, 1.165) is 31.1 Å². The Morgan fingerprint density at radius 2 is 2.20 bits per heavy atom. The minimum atomic E-state index is 0.311. The lowest BCUT2D eigenvalue weighted by molar-refractivity contribution is 0.315. The zero-order valence-electron chi connectivity index (χ0n) is 9.66. The average Bonchev–Trinajstić information content (AvgIpc) is 2.64. The van der Waals surface area contributed by atoms with Crippen molar-refractivity contribution in [3.8, 4) is 0 Å². The lowest BCUT2D eigenvalue weighted by Crippen LogP contribution is -2.28. The number of nitrogens with zero attached hydrogens (tertiary/aromatic N) is 2. The first-order valence-corrected chi connectivity index (χ1v) is 5.47. The van der Waals surface area contributed by atoms with E-state index in [2.05, 4.69) is 17.0 Å². The fraction of sp³-hybridized carbons (Fsp3) is 0.727. The monoisotopic (exact) mass is 209 g/mol. The molecule has 1 fully saturated rings. The van der Waals surface area contributed by atoms with E-state index in [-0.39, 0.29) is 0 Å². The highest BCUT2D eigenvalue weighted by Gasteiger charge is 2.27. The lowest BCUT2D eigenvalue weighted by atomic mass is 10.1. The van der Waals surface area contributed by atoms with Gasteiger partial charge in [0.25, 0.3) is 0 Å². The molecule has 0 spiro atoms. The van der Waals surface area contributed by atoms with E-state index < -0.39 is 0 Å². The van der Waals surface area contributed by atoms with Crippen LogP contribution >= 0.6 is 0 Å². The average molecular weight is 209 g/mol. The summed E-state index contributed by atoms with van der Waals surface area (Å²) in [7, 11) is 0. The molecule has 2 heterocycles. The molecule has 0 radical (unpaired) electrons. The van der Waals surface area contributed by atoms with Crippen molar-refractivity contribution in [3.63, 3.8) is 0 Å². The molecular formula is C11H19N3O. The quantitative estimate of drug-likeness (QED) is 0.791. The number of rotatable bonds is 2. The van der Waals surface area contributed by atoms with E-state index in [1.807, 2.05) is 13.8 Å². The molecule has 1 aromatic heterocycles. The normalized spacial score (nSPS) is 27.5. The highest BCUT2D eigenvalue weighted by Crippen LogP contribution is 2.20. The van der Waals surface area contributed by atoms with Crippen molar-refractivity contribution < 1.29 is 4.52 Å². The maximum atomic E-state index is 5.99. The minimum absolute atomic E-state index is 0.311. The van der Waals surface area contributed by atoms with Crippen molar-refractivity contribution in [2.75, 3.05) is 13.1 Å². The molecule has 0 amide bonds. The second-order valence-electron chi connectivity index (χ2n) is 4.64. The number of hydrogen-bond donors (Lipinski definition) is 1. The van der Waals surface area contributed by atoms with Crippen LogP contribution in [0.25, 0.3) is 0 Å². The maximum Gasteiger partial charge on any atom is 0.138 e. The molecule has 0 saturated carbocycles. The van der Waals surface area contributed by atoms with Crippen LogP contribution in [0.3, 0.4) is 0 Å². The molecule has 0 bridgehead atoms. The summed E-state index contributed by atoms with van der Waals surface area (Å²) in [5.74, 6) is 1.52. The van der Waals surface area contributed by atoms with Crippen LogP contribution < -0.4 is 5.73 Å². The van der Waals surface area contributed by atoms with Gasteiger partial charge in [-0.3, -0.25) is 4.90 Å². The smallest absolute Gasteiger partial charge is 0.138 e. The first-order chi connectivity index (χ1) is 7.08. The van der Waals surface area contributed by atoms with Gasteiger partial charge in [0.1, 0.15) is 5.76 Å². The van der Waals surface area contributed by atoms with Gasteiger partial charge in [-0.15, -0.1) is 0 Å². The van der Waals surface area contributed by atoms with Crippen LogP contribution in [0.2, 0.25) is 0 Å². The van der Waals surface area contributed by atoms with E-state index in [1.54, 1.807) is 0 Å². The van der Waals surface area contributed by atoms with Crippen molar-refractivity contribution in [2.24, 2.45) is 11.7 Å². The van der Waals surface area contributed by atoms with Crippen molar-refractivity contribution in [1.82, 2.24) is 10.1 Å². The van der Waals surface area contributed by atoms with Gasteiger partial charge in [-0.2, -0.15) is 0 Å². The molecule has 4 heteroatoms. The summed E-state index contributed by atoms with van der Waals surface area (Å²) in [6.07, 6.45) is 0. The third-order valence-electron chi connectivity index (χ3n) is 3.31. The minimum Gasteiger partial charge on any atom is -0.361 e. The van der Waals surface area contributed by atoms with Gasteiger partial charge in [0.15, 0.2) is 0 Å². The Labute approximate surface area is 90.4 Å². The number of aryl methyl sites for hydroxylation is 2. The van der Waals surface area contributed by atoms with Crippen molar-refractivity contribution in [2.45, 2.75) is 33.4 Å². The molecule has 1 aliphatic heterocycles. The molecule has 1 aliphatic rings. The van der Waals surface area contributed by atoms with Crippen molar-refractivity contribution in [1.29, 1.82) is 0 Å². The predicted octanol–water partition coefficient (Wildman–Crippen LogP) is 1.07. The summed E-state index contributed by atoms with van der Waals surface area (Å²) in [6.45, 7) is 9.13. The summed E-state index contributed by atoms with van der Waals surface area (Å²) in [5, 5.41) is 3.96. The number of nitrogens with two attached hydrogens (primary N) is 1. The molecule has 1 aromatic rings. The molecule has 2 atom stereocenters. The SMILES string of the molecule is Cc1noc(C)c1CN1CC(C)C(N)C1. The lowest BCUT2D eigenvalue weighted by Gasteiger charge is -2.14. The van der Waals surface area contributed by atoms with Gasteiger partial charge in [-0.1, -0.05) is 12.1 Å².